The molecule has 6 unspecified atom stereocenters. The van der Waals surface area contributed by atoms with Crippen molar-refractivity contribution in [2.24, 2.45) is 17.8 Å². The van der Waals surface area contributed by atoms with Crippen molar-refractivity contribution in [3.8, 4) is 0 Å². The number of hydrogen-bond donors (Lipinski definition) is 5. The molecule has 3 saturated heterocycles. The molecule has 28 heavy (non-hydrogen) atoms. The molecule has 0 aromatic carbocycles. The van der Waals surface area contributed by atoms with E-state index in [4.69, 9.17) is 0 Å². The zero-order valence-electron chi connectivity index (χ0n) is 17.7. The first-order valence-corrected chi connectivity index (χ1v) is 11.6. The van der Waals surface area contributed by atoms with Gasteiger partial charge in [-0.15, -0.1) is 0 Å². The lowest BCUT2D eigenvalue weighted by molar-refractivity contribution is -0.125. The quantitative estimate of drug-likeness (QED) is 0.482. The second kappa shape index (κ2) is 9.39. The molecule has 0 aromatic heterocycles. The molecule has 7 atom stereocenters. The molecule has 3 aliphatic heterocycles. The molecule has 7 heteroatoms. The topological polar surface area (TPSA) is 80.5 Å². The molecule has 0 radical (unpaired) electrons. The number of hydrogen-bond acceptors (Lipinski definition) is 6. The molecule has 0 aromatic rings. The van der Waals surface area contributed by atoms with Gasteiger partial charge in [-0.25, -0.2) is 10.9 Å². The highest BCUT2D eigenvalue weighted by Crippen LogP contribution is 2.32. The summed E-state index contributed by atoms with van der Waals surface area (Å²) in [6, 6.07) is 0.566. The number of hydrazine groups is 1. The van der Waals surface area contributed by atoms with Crippen molar-refractivity contribution in [1.82, 2.24) is 31.7 Å². The number of piperidine rings is 2. The van der Waals surface area contributed by atoms with Crippen LogP contribution in [0.25, 0.3) is 0 Å². The Morgan fingerprint density at radius 1 is 1.18 bits per heavy atom. The lowest BCUT2D eigenvalue weighted by Crippen LogP contribution is -2.59. The van der Waals surface area contributed by atoms with Gasteiger partial charge in [-0.3, -0.25) is 15.0 Å². The Bertz CT molecular complexity index is 531. The monoisotopic (exact) mass is 392 g/mol. The third kappa shape index (κ3) is 4.87. The van der Waals surface area contributed by atoms with Crippen LogP contribution in [-0.2, 0) is 4.79 Å². The van der Waals surface area contributed by atoms with Crippen molar-refractivity contribution in [2.75, 3.05) is 20.3 Å². The lowest BCUT2D eigenvalue weighted by atomic mass is 9.77. The van der Waals surface area contributed by atoms with E-state index in [0.29, 0.717) is 24.0 Å². The van der Waals surface area contributed by atoms with E-state index in [0.717, 1.165) is 38.4 Å². The fourth-order valence-corrected chi connectivity index (χ4v) is 5.84. The molecule has 7 nitrogen and oxygen atoms in total. The maximum atomic E-state index is 12.9. The van der Waals surface area contributed by atoms with Crippen LogP contribution in [0, 0.1) is 17.8 Å². The third-order valence-electron chi connectivity index (χ3n) is 7.76. The number of nitrogens with one attached hydrogen (secondary N) is 5. The van der Waals surface area contributed by atoms with Crippen LogP contribution in [0.4, 0.5) is 0 Å². The molecule has 1 aliphatic carbocycles. The Balaban J connectivity index is 1.24. The van der Waals surface area contributed by atoms with Gasteiger partial charge in [0.05, 0.1) is 25.0 Å². The zero-order valence-corrected chi connectivity index (χ0v) is 17.7. The molecule has 4 aliphatic rings. The van der Waals surface area contributed by atoms with Crippen molar-refractivity contribution in [2.45, 2.75) is 89.1 Å². The number of nitrogens with zero attached hydrogens (tertiary/aromatic N) is 1. The molecule has 4 rings (SSSR count). The Labute approximate surface area is 170 Å². The Morgan fingerprint density at radius 2 is 2.04 bits per heavy atom. The standard InChI is InChI=1S/C21H40N6O/c1-14(11-20-26-23-13-27(20)2)16-9-10-22-19(12-16)25-21(28)18-8-7-15-5-3-4-6-17(15)24-18/h14-20,22-24,26H,3-13H2,1-2H3,(H,25,28)/t14-,15?,16?,17?,18?,19?,20?/m1/s1. The van der Waals surface area contributed by atoms with Gasteiger partial charge in [0, 0.05) is 6.04 Å². The van der Waals surface area contributed by atoms with Crippen LogP contribution in [-0.4, -0.2) is 55.5 Å². The molecule has 160 valence electrons. The Morgan fingerprint density at radius 3 is 2.86 bits per heavy atom. The molecular weight excluding hydrogens is 352 g/mol. The SMILES string of the molecule is C[C@H](CC1NNCN1C)C1CCNC(NC(=O)C2CCC3CCCCC3N2)C1. The minimum absolute atomic E-state index is 0.00126. The predicted molar refractivity (Wildman–Crippen MR) is 111 cm³/mol. The van der Waals surface area contributed by atoms with Gasteiger partial charge in [0.15, 0.2) is 0 Å². The fraction of sp³-hybridized carbons (Fsp3) is 0.952. The fourth-order valence-electron chi connectivity index (χ4n) is 5.84. The predicted octanol–water partition coefficient (Wildman–Crippen LogP) is 1.09. The van der Waals surface area contributed by atoms with Gasteiger partial charge in [0.1, 0.15) is 0 Å². The highest BCUT2D eigenvalue weighted by Gasteiger charge is 2.36. The number of carbonyl (C=O) groups excluding carboxylic acids is 1. The third-order valence-corrected chi connectivity index (χ3v) is 7.76. The molecule has 5 N–H and O–H groups in total. The van der Waals surface area contributed by atoms with Crippen LogP contribution in [0.15, 0.2) is 0 Å². The number of fused-ring (bicyclic) bond motifs is 1. The van der Waals surface area contributed by atoms with Crippen molar-refractivity contribution in [1.29, 1.82) is 0 Å². The van der Waals surface area contributed by atoms with E-state index in [1.165, 1.54) is 38.5 Å². The van der Waals surface area contributed by atoms with Crippen molar-refractivity contribution >= 4 is 5.91 Å². The normalized spacial score (nSPS) is 40.6. The summed E-state index contributed by atoms with van der Waals surface area (Å²) in [5.74, 6) is 2.30. The Kier molecular flexibility index (Phi) is 6.89. The van der Waals surface area contributed by atoms with Gasteiger partial charge in [-0.1, -0.05) is 19.8 Å². The second-order valence-corrected chi connectivity index (χ2v) is 9.71. The largest absolute Gasteiger partial charge is 0.339 e. The minimum Gasteiger partial charge on any atom is -0.339 e. The molecule has 1 amide bonds. The molecule has 0 bridgehead atoms. The van der Waals surface area contributed by atoms with Gasteiger partial charge in [0.25, 0.3) is 0 Å². The highest BCUT2D eigenvalue weighted by molar-refractivity contribution is 5.82. The summed E-state index contributed by atoms with van der Waals surface area (Å²) >= 11 is 0. The van der Waals surface area contributed by atoms with Crippen molar-refractivity contribution in [3.05, 3.63) is 0 Å². The van der Waals surface area contributed by atoms with Crippen LogP contribution in [0.2, 0.25) is 0 Å². The van der Waals surface area contributed by atoms with Gasteiger partial charge in [-0.2, -0.15) is 0 Å². The van der Waals surface area contributed by atoms with Crippen LogP contribution in [0.3, 0.4) is 0 Å². The average Bonchev–Trinajstić information content (AvgIpc) is 3.12. The van der Waals surface area contributed by atoms with E-state index in [9.17, 15) is 4.79 Å². The number of carbonyl (C=O) groups is 1. The smallest absolute Gasteiger partial charge is 0.238 e. The molecule has 0 spiro atoms. The van der Waals surface area contributed by atoms with Crippen LogP contribution in [0.5, 0.6) is 0 Å². The van der Waals surface area contributed by atoms with E-state index < -0.39 is 0 Å². The second-order valence-electron chi connectivity index (χ2n) is 9.71. The summed E-state index contributed by atoms with van der Waals surface area (Å²) < 4.78 is 0. The average molecular weight is 393 g/mol. The molecule has 1 saturated carbocycles. The summed E-state index contributed by atoms with van der Waals surface area (Å²) in [4.78, 5) is 15.2. The molecule has 3 heterocycles. The summed E-state index contributed by atoms with van der Waals surface area (Å²) in [5.41, 5.74) is 6.59. The summed E-state index contributed by atoms with van der Waals surface area (Å²) in [7, 11) is 2.16. The summed E-state index contributed by atoms with van der Waals surface area (Å²) in [5, 5.41) is 10.5. The maximum Gasteiger partial charge on any atom is 0.238 e. The zero-order chi connectivity index (χ0) is 19.5. The van der Waals surface area contributed by atoms with E-state index in [2.05, 4.69) is 45.7 Å². The summed E-state index contributed by atoms with van der Waals surface area (Å²) in [6.45, 7) is 4.27. The first-order valence-electron chi connectivity index (χ1n) is 11.6. The van der Waals surface area contributed by atoms with E-state index in [1.54, 1.807) is 0 Å². The number of amides is 1. The Hall–Kier alpha value is -0.730. The van der Waals surface area contributed by atoms with Crippen LogP contribution >= 0.6 is 0 Å². The molecule has 4 fully saturated rings. The number of rotatable bonds is 5. The van der Waals surface area contributed by atoms with Gasteiger partial charge >= 0.3 is 0 Å². The van der Waals surface area contributed by atoms with Crippen LogP contribution in [0.1, 0.15) is 64.7 Å². The molecular formula is C21H40N6O. The van der Waals surface area contributed by atoms with Crippen molar-refractivity contribution in [3.63, 3.8) is 0 Å². The van der Waals surface area contributed by atoms with E-state index >= 15 is 0 Å². The lowest BCUT2D eigenvalue weighted by Gasteiger charge is -2.41. The highest BCUT2D eigenvalue weighted by atomic mass is 16.2. The maximum absolute atomic E-state index is 12.9. The summed E-state index contributed by atoms with van der Waals surface area (Å²) in [6.07, 6.45) is 11.4. The first kappa shape index (κ1) is 20.5. The van der Waals surface area contributed by atoms with Crippen LogP contribution < -0.4 is 26.8 Å². The first-order chi connectivity index (χ1) is 13.6. The minimum atomic E-state index is 0.00126. The van der Waals surface area contributed by atoms with Gasteiger partial charge in [-0.05, 0) is 76.3 Å². The van der Waals surface area contributed by atoms with E-state index in [1.807, 2.05) is 0 Å². The van der Waals surface area contributed by atoms with Gasteiger partial charge in [0.2, 0.25) is 5.91 Å². The van der Waals surface area contributed by atoms with Gasteiger partial charge < -0.3 is 10.6 Å². The van der Waals surface area contributed by atoms with E-state index in [-0.39, 0.29) is 18.1 Å². The van der Waals surface area contributed by atoms with Crippen molar-refractivity contribution < 1.29 is 4.79 Å².